The monoisotopic (exact) mass is 369 g/mol. The Hall–Kier alpha value is -2.89. The van der Waals surface area contributed by atoms with Gasteiger partial charge in [-0.3, -0.25) is 4.79 Å². The van der Waals surface area contributed by atoms with Crippen molar-refractivity contribution in [1.29, 1.82) is 0 Å². The fraction of sp³-hybridized carbons (Fsp3) is 0.381. The van der Waals surface area contributed by atoms with Gasteiger partial charge in [-0.05, 0) is 30.0 Å². The highest BCUT2D eigenvalue weighted by Gasteiger charge is 2.20. The molecule has 1 amide bonds. The minimum absolute atomic E-state index is 0.212. The Morgan fingerprint density at radius 2 is 1.74 bits per heavy atom. The number of ether oxygens (including phenoxy) is 4. The summed E-state index contributed by atoms with van der Waals surface area (Å²) in [7, 11) is 1.54. The van der Waals surface area contributed by atoms with Gasteiger partial charge in [-0.15, -0.1) is 0 Å². The molecule has 0 radical (unpaired) electrons. The van der Waals surface area contributed by atoms with E-state index in [1.807, 2.05) is 12.1 Å². The summed E-state index contributed by atoms with van der Waals surface area (Å²) in [5, 5.41) is 2.96. The molecule has 2 aromatic carbocycles. The third-order valence-electron chi connectivity index (χ3n) is 4.74. The fourth-order valence-corrected chi connectivity index (χ4v) is 3.34. The summed E-state index contributed by atoms with van der Waals surface area (Å²) >= 11 is 0. The second kappa shape index (κ2) is 7.78. The molecule has 6 nitrogen and oxygen atoms in total. The molecule has 0 unspecified atom stereocenters. The van der Waals surface area contributed by atoms with Crippen molar-refractivity contribution in [2.24, 2.45) is 0 Å². The van der Waals surface area contributed by atoms with Crippen LogP contribution < -0.4 is 24.3 Å². The molecule has 0 aliphatic carbocycles. The summed E-state index contributed by atoms with van der Waals surface area (Å²) in [4.78, 5) is 12.7. The van der Waals surface area contributed by atoms with Crippen LogP contribution in [-0.4, -0.2) is 32.8 Å². The standard InChI is InChI=1S/C21H23NO5/c1-24-18-12-20-19(26-8-3-9-27-20)11-16(18)21(23)22-13-14-5-6-17-15(10-14)4-2-7-25-17/h5-6,10-12H,2-4,7-9,13H2,1H3,(H,22,23). The number of methoxy groups -OCH3 is 1. The average molecular weight is 369 g/mol. The summed E-state index contributed by atoms with van der Waals surface area (Å²) in [6.45, 7) is 2.36. The molecule has 0 bridgehead atoms. The Morgan fingerprint density at radius 1 is 1.00 bits per heavy atom. The Bertz CT molecular complexity index is 849. The smallest absolute Gasteiger partial charge is 0.255 e. The highest BCUT2D eigenvalue weighted by molar-refractivity contribution is 5.97. The molecule has 0 fully saturated rings. The summed E-state index contributed by atoms with van der Waals surface area (Å²) in [6, 6.07) is 9.46. The Kier molecular flexibility index (Phi) is 5.05. The lowest BCUT2D eigenvalue weighted by molar-refractivity contribution is 0.0947. The first-order valence-electron chi connectivity index (χ1n) is 9.25. The van der Waals surface area contributed by atoms with E-state index < -0.39 is 0 Å². The van der Waals surface area contributed by atoms with E-state index in [0.717, 1.165) is 37.2 Å². The third kappa shape index (κ3) is 3.79. The van der Waals surface area contributed by atoms with Crippen LogP contribution in [0.1, 0.15) is 34.3 Å². The Balaban J connectivity index is 1.50. The largest absolute Gasteiger partial charge is 0.496 e. The molecule has 27 heavy (non-hydrogen) atoms. The van der Waals surface area contributed by atoms with E-state index >= 15 is 0 Å². The van der Waals surface area contributed by atoms with Crippen LogP contribution in [0, 0.1) is 0 Å². The Morgan fingerprint density at radius 3 is 2.56 bits per heavy atom. The second-order valence-corrected chi connectivity index (χ2v) is 6.63. The molecule has 2 aromatic rings. The maximum absolute atomic E-state index is 12.7. The molecule has 0 atom stereocenters. The molecule has 0 saturated heterocycles. The van der Waals surface area contributed by atoms with Crippen molar-refractivity contribution in [2.75, 3.05) is 26.9 Å². The lowest BCUT2D eigenvalue weighted by Crippen LogP contribution is -2.23. The molecular formula is C21H23NO5. The summed E-state index contributed by atoms with van der Waals surface area (Å²) in [6.07, 6.45) is 2.84. The van der Waals surface area contributed by atoms with Gasteiger partial charge in [-0.25, -0.2) is 0 Å². The van der Waals surface area contributed by atoms with Gasteiger partial charge in [0.25, 0.3) is 5.91 Å². The summed E-state index contributed by atoms with van der Waals surface area (Å²) in [5.74, 6) is 2.38. The van der Waals surface area contributed by atoms with Crippen LogP contribution in [-0.2, 0) is 13.0 Å². The minimum Gasteiger partial charge on any atom is -0.496 e. The highest BCUT2D eigenvalue weighted by Crippen LogP contribution is 2.36. The van der Waals surface area contributed by atoms with Gasteiger partial charge >= 0.3 is 0 Å². The molecule has 1 N–H and O–H groups in total. The molecule has 0 aromatic heterocycles. The van der Waals surface area contributed by atoms with Gasteiger partial charge in [-0.1, -0.05) is 12.1 Å². The van der Waals surface area contributed by atoms with E-state index in [2.05, 4.69) is 11.4 Å². The first kappa shape index (κ1) is 17.5. The van der Waals surface area contributed by atoms with Crippen molar-refractivity contribution < 1.29 is 23.7 Å². The van der Waals surface area contributed by atoms with Gasteiger partial charge in [-0.2, -0.15) is 0 Å². The number of rotatable bonds is 4. The van der Waals surface area contributed by atoms with Gasteiger partial charge in [0.15, 0.2) is 11.5 Å². The van der Waals surface area contributed by atoms with Crippen molar-refractivity contribution in [3.63, 3.8) is 0 Å². The van der Waals surface area contributed by atoms with Crippen LogP contribution in [0.15, 0.2) is 30.3 Å². The van der Waals surface area contributed by atoms with Crippen LogP contribution in [0.5, 0.6) is 23.0 Å². The first-order valence-corrected chi connectivity index (χ1v) is 9.25. The molecule has 2 aliphatic rings. The van der Waals surface area contributed by atoms with Crippen LogP contribution in [0.25, 0.3) is 0 Å². The maximum atomic E-state index is 12.7. The number of hydrogen-bond donors (Lipinski definition) is 1. The van der Waals surface area contributed by atoms with E-state index in [9.17, 15) is 4.79 Å². The third-order valence-corrected chi connectivity index (χ3v) is 4.74. The zero-order valence-corrected chi connectivity index (χ0v) is 15.4. The predicted molar refractivity (Wildman–Crippen MR) is 100 cm³/mol. The summed E-state index contributed by atoms with van der Waals surface area (Å²) < 4.78 is 22.4. The van der Waals surface area contributed by atoms with E-state index in [4.69, 9.17) is 18.9 Å². The maximum Gasteiger partial charge on any atom is 0.255 e. The van der Waals surface area contributed by atoms with Crippen molar-refractivity contribution in [3.05, 3.63) is 47.0 Å². The second-order valence-electron chi connectivity index (χ2n) is 6.63. The molecule has 142 valence electrons. The highest BCUT2D eigenvalue weighted by atomic mass is 16.5. The summed E-state index contributed by atoms with van der Waals surface area (Å²) in [5.41, 5.74) is 2.67. The zero-order valence-electron chi connectivity index (χ0n) is 15.4. The number of carbonyl (C=O) groups is 1. The van der Waals surface area contributed by atoms with Crippen LogP contribution in [0.2, 0.25) is 0 Å². The molecule has 2 aliphatic heterocycles. The van der Waals surface area contributed by atoms with Gasteiger partial charge in [0, 0.05) is 25.1 Å². The fourth-order valence-electron chi connectivity index (χ4n) is 3.34. The number of amides is 1. The van der Waals surface area contributed by atoms with Crippen molar-refractivity contribution >= 4 is 5.91 Å². The lowest BCUT2D eigenvalue weighted by Gasteiger charge is -2.18. The normalized spacial score (nSPS) is 15.1. The van der Waals surface area contributed by atoms with E-state index in [0.29, 0.717) is 42.6 Å². The predicted octanol–water partition coefficient (Wildman–Crippen LogP) is 3.11. The molecular weight excluding hydrogens is 346 g/mol. The first-order chi connectivity index (χ1) is 13.2. The molecule has 0 saturated carbocycles. The number of nitrogens with one attached hydrogen (secondary N) is 1. The van der Waals surface area contributed by atoms with E-state index in [-0.39, 0.29) is 5.91 Å². The van der Waals surface area contributed by atoms with E-state index in [1.54, 1.807) is 19.2 Å². The zero-order chi connectivity index (χ0) is 18.6. The number of aryl methyl sites for hydroxylation is 1. The van der Waals surface area contributed by atoms with E-state index in [1.165, 1.54) is 5.56 Å². The minimum atomic E-state index is -0.212. The quantitative estimate of drug-likeness (QED) is 0.897. The number of fused-ring (bicyclic) bond motifs is 2. The lowest BCUT2D eigenvalue weighted by atomic mass is 10.0. The Labute approximate surface area is 158 Å². The van der Waals surface area contributed by atoms with Gasteiger partial charge < -0.3 is 24.3 Å². The van der Waals surface area contributed by atoms with Crippen molar-refractivity contribution in [3.8, 4) is 23.0 Å². The van der Waals surface area contributed by atoms with Crippen molar-refractivity contribution in [1.82, 2.24) is 5.32 Å². The van der Waals surface area contributed by atoms with Crippen LogP contribution in [0.3, 0.4) is 0 Å². The van der Waals surface area contributed by atoms with Gasteiger partial charge in [0.1, 0.15) is 11.5 Å². The molecule has 2 heterocycles. The average Bonchev–Trinajstić information content (AvgIpc) is 2.95. The number of carbonyl (C=O) groups excluding carboxylic acids is 1. The molecule has 0 spiro atoms. The SMILES string of the molecule is COc1cc2c(cc1C(=O)NCc1ccc3c(c1)CCCO3)OCCCO2. The topological polar surface area (TPSA) is 66.0 Å². The van der Waals surface area contributed by atoms with Crippen molar-refractivity contribution in [2.45, 2.75) is 25.8 Å². The molecule has 4 rings (SSSR count). The van der Waals surface area contributed by atoms with Gasteiger partial charge in [0.2, 0.25) is 0 Å². The molecule has 6 heteroatoms. The van der Waals surface area contributed by atoms with Crippen LogP contribution in [0.4, 0.5) is 0 Å². The number of benzene rings is 2. The number of hydrogen-bond acceptors (Lipinski definition) is 5. The van der Waals surface area contributed by atoms with Gasteiger partial charge in [0.05, 0.1) is 32.5 Å². The van der Waals surface area contributed by atoms with Crippen LogP contribution >= 0.6 is 0 Å².